The van der Waals surface area contributed by atoms with Crippen LogP contribution in [0.2, 0.25) is 0 Å². The molecule has 1 atom stereocenters. The van der Waals surface area contributed by atoms with E-state index in [1.807, 2.05) is 18.2 Å². The molecule has 0 aromatic heterocycles. The second-order valence-corrected chi connectivity index (χ2v) is 4.37. The number of nitrogens with one attached hydrogen (secondary N) is 1. The van der Waals surface area contributed by atoms with E-state index in [1.165, 1.54) is 6.42 Å². The predicted molar refractivity (Wildman–Crippen MR) is 65.6 cm³/mol. The van der Waals surface area contributed by atoms with Crippen molar-refractivity contribution >= 4 is 0 Å². The van der Waals surface area contributed by atoms with Crippen molar-refractivity contribution in [3.05, 3.63) is 29.8 Å². The molecule has 88 valence electrons. The van der Waals surface area contributed by atoms with E-state index in [9.17, 15) is 5.11 Å². The molecule has 1 aromatic rings. The van der Waals surface area contributed by atoms with Crippen molar-refractivity contribution in [1.29, 1.82) is 0 Å². The fraction of sp³-hybridized carbons (Fsp3) is 0.538. The molecule has 0 saturated carbocycles. The number of aromatic hydroxyl groups is 1. The fourth-order valence-electron chi connectivity index (χ4n) is 2.29. The number of rotatable bonds is 2. The molecule has 1 aromatic carbocycles. The van der Waals surface area contributed by atoms with Gasteiger partial charge in [-0.25, -0.2) is 0 Å². The van der Waals surface area contributed by atoms with E-state index in [1.54, 1.807) is 6.07 Å². The van der Waals surface area contributed by atoms with Crippen LogP contribution < -0.4 is 5.32 Å². The van der Waals surface area contributed by atoms with Gasteiger partial charge in [0.25, 0.3) is 0 Å². The lowest BCUT2D eigenvalue weighted by Gasteiger charge is -2.28. The number of nitrogens with zero attached hydrogens (tertiary/aromatic N) is 1. The van der Waals surface area contributed by atoms with Gasteiger partial charge in [-0.1, -0.05) is 18.2 Å². The van der Waals surface area contributed by atoms with E-state index in [2.05, 4.69) is 17.1 Å². The molecule has 0 amide bonds. The molecule has 1 aliphatic rings. The summed E-state index contributed by atoms with van der Waals surface area (Å²) in [6.07, 6.45) is 1.18. The van der Waals surface area contributed by atoms with Crippen LogP contribution in [-0.4, -0.2) is 36.2 Å². The molecule has 0 aliphatic carbocycles. The van der Waals surface area contributed by atoms with Crippen LogP contribution in [0.3, 0.4) is 0 Å². The molecule has 1 heterocycles. The smallest absolute Gasteiger partial charge is 0.120 e. The van der Waals surface area contributed by atoms with Crippen molar-refractivity contribution in [2.45, 2.75) is 19.4 Å². The van der Waals surface area contributed by atoms with Crippen LogP contribution >= 0.6 is 0 Å². The lowest BCUT2D eigenvalue weighted by molar-refractivity contribution is 0.221. The quantitative estimate of drug-likeness (QED) is 0.797. The van der Waals surface area contributed by atoms with Gasteiger partial charge in [-0.2, -0.15) is 0 Å². The van der Waals surface area contributed by atoms with Crippen LogP contribution in [0.4, 0.5) is 0 Å². The van der Waals surface area contributed by atoms with E-state index < -0.39 is 0 Å². The summed E-state index contributed by atoms with van der Waals surface area (Å²) in [7, 11) is 0. The van der Waals surface area contributed by atoms with Crippen LogP contribution in [-0.2, 0) is 0 Å². The molecular formula is C13H20N2O. The van der Waals surface area contributed by atoms with Crippen LogP contribution in [0.5, 0.6) is 5.75 Å². The Balaban J connectivity index is 2.11. The third-order valence-electron chi connectivity index (χ3n) is 3.31. The average Bonchev–Trinajstić information content (AvgIpc) is 2.57. The first kappa shape index (κ1) is 11.4. The minimum Gasteiger partial charge on any atom is -0.508 e. The second-order valence-electron chi connectivity index (χ2n) is 4.37. The van der Waals surface area contributed by atoms with Crippen molar-refractivity contribution < 1.29 is 5.11 Å². The molecular weight excluding hydrogens is 200 g/mol. The molecule has 2 rings (SSSR count). The zero-order valence-electron chi connectivity index (χ0n) is 9.82. The summed E-state index contributed by atoms with van der Waals surface area (Å²) >= 11 is 0. The summed E-state index contributed by atoms with van der Waals surface area (Å²) in [6.45, 7) is 6.46. The van der Waals surface area contributed by atoms with Gasteiger partial charge in [0.1, 0.15) is 5.75 Å². The molecule has 1 saturated heterocycles. The lowest BCUT2D eigenvalue weighted by Crippen LogP contribution is -2.30. The minimum absolute atomic E-state index is 0.293. The Morgan fingerprint density at radius 3 is 2.88 bits per heavy atom. The normalized spacial score (nSPS) is 20.3. The number of benzene rings is 1. The standard InChI is InChI=1S/C13H20N2O/c1-11(12-5-2-3-6-13(12)16)15-9-4-7-14-8-10-15/h2-3,5-6,11,14,16H,4,7-10H2,1H3. The lowest BCUT2D eigenvalue weighted by atomic mass is 10.1. The highest BCUT2D eigenvalue weighted by Gasteiger charge is 2.18. The van der Waals surface area contributed by atoms with Crippen molar-refractivity contribution in [2.24, 2.45) is 0 Å². The summed E-state index contributed by atoms with van der Waals surface area (Å²) in [6, 6.07) is 7.93. The molecule has 0 spiro atoms. The zero-order chi connectivity index (χ0) is 11.4. The second kappa shape index (κ2) is 5.32. The van der Waals surface area contributed by atoms with Crippen molar-refractivity contribution in [2.75, 3.05) is 26.2 Å². The van der Waals surface area contributed by atoms with Crippen LogP contribution in [0.1, 0.15) is 24.9 Å². The van der Waals surface area contributed by atoms with E-state index >= 15 is 0 Å². The van der Waals surface area contributed by atoms with Crippen molar-refractivity contribution in [3.8, 4) is 5.75 Å². The highest BCUT2D eigenvalue weighted by atomic mass is 16.3. The Hall–Kier alpha value is -1.06. The molecule has 2 N–H and O–H groups in total. The van der Waals surface area contributed by atoms with E-state index in [4.69, 9.17) is 0 Å². The molecule has 16 heavy (non-hydrogen) atoms. The van der Waals surface area contributed by atoms with E-state index in [0.717, 1.165) is 31.7 Å². The summed E-state index contributed by atoms with van der Waals surface area (Å²) in [5.74, 6) is 0.409. The van der Waals surface area contributed by atoms with Gasteiger partial charge in [0.15, 0.2) is 0 Å². The minimum atomic E-state index is 0.293. The Labute approximate surface area is 97.1 Å². The molecule has 3 nitrogen and oxygen atoms in total. The first-order valence-corrected chi connectivity index (χ1v) is 6.01. The predicted octanol–water partition coefficient (Wildman–Crippen LogP) is 1.75. The molecule has 0 radical (unpaired) electrons. The molecule has 0 bridgehead atoms. The topological polar surface area (TPSA) is 35.5 Å². The zero-order valence-corrected chi connectivity index (χ0v) is 9.82. The Morgan fingerprint density at radius 1 is 1.25 bits per heavy atom. The maximum atomic E-state index is 9.84. The molecule has 3 heteroatoms. The largest absolute Gasteiger partial charge is 0.508 e. The van der Waals surface area contributed by atoms with Crippen LogP contribution in [0.25, 0.3) is 0 Å². The number of phenols is 1. The first-order chi connectivity index (χ1) is 7.79. The van der Waals surface area contributed by atoms with Gasteiger partial charge in [-0.3, -0.25) is 4.90 Å². The number of phenolic OH excluding ortho intramolecular Hbond substituents is 1. The van der Waals surface area contributed by atoms with E-state index in [0.29, 0.717) is 11.8 Å². The van der Waals surface area contributed by atoms with Gasteiger partial charge >= 0.3 is 0 Å². The maximum absolute atomic E-state index is 9.84. The van der Waals surface area contributed by atoms with Gasteiger partial charge in [0.05, 0.1) is 0 Å². The maximum Gasteiger partial charge on any atom is 0.120 e. The monoisotopic (exact) mass is 220 g/mol. The first-order valence-electron chi connectivity index (χ1n) is 6.01. The van der Waals surface area contributed by atoms with Gasteiger partial charge in [0, 0.05) is 24.7 Å². The summed E-state index contributed by atoms with van der Waals surface area (Å²) in [5.41, 5.74) is 1.03. The van der Waals surface area contributed by atoms with Crippen LogP contribution in [0.15, 0.2) is 24.3 Å². The van der Waals surface area contributed by atoms with Gasteiger partial charge in [-0.15, -0.1) is 0 Å². The van der Waals surface area contributed by atoms with Crippen LogP contribution in [0, 0.1) is 0 Å². The Morgan fingerprint density at radius 2 is 2.06 bits per heavy atom. The Kier molecular flexibility index (Phi) is 3.80. The molecule has 1 aliphatic heterocycles. The Bertz CT molecular complexity index is 332. The molecule has 1 fully saturated rings. The number of hydrogen-bond donors (Lipinski definition) is 2. The molecule has 1 unspecified atom stereocenters. The van der Waals surface area contributed by atoms with Gasteiger partial charge < -0.3 is 10.4 Å². The highest BCUT2D eigenvalue weighted by Crippen LogP contribution is 2.28. The van der Waals surface area contributed by atoms with Gasteiger partial charge in [-0.05, 0) is 32.5 Å². The summed E-state index contributed by atoms with van der Waals surface area (Å²) in [5, 5.41) is 13.2. The third-order valence-corrected chi connectivity index (χ3v) is 3.31. The SMILES string of the molecule is CC(c1ccccc1O)N1CCCNCC1. The van der Waals surface area contributed by atoms with Crippen molar-refractivity contribution in [1.82, 2.24) is 10.2 Å². The fourth-order valence-corrected chi connectivity index (χ4v) is 2.29. The number of hydrogen-bond acceptors (Lipinski definition) is 3. The van der Waals surface area contributed by atoms with E-state index in [-0.39, 0.29) is 0 Å². The number of para-hydroxylation sites is 1. The summed E-state index contributed by atoms with van der Waals surface area (Å²) in [4.78, 5) is 2.43. The average molecular weight is 220 g/mol. The summed E-state index contributed by atoms with van der Waals surface area (Å²) < 4.78 is 0. The highest BCUT2D eigenvalue weighted by molar-refractivity contribution is 5.34. The van der Waals surface area contributed by atoms with Crippen molar-refractivity contribution in [3.63, 3.8) is 0 Å². The van der Waals surface area contributed by atoms with Gasteiger partial charge in [0.2, 0.25) is 0 Å². The third kappa shape index (κ3) is 2.54.